The molecule has 0 spiro atoms. The Balaban J connectivity index is 1.44. The molecular weight excluding hydrogens is 206 g/mol. The molecule has 0 unspecified atom stereocenters. The Kier molecular flexibility index (Phi) is 3.46. The van der Waals surface area contributed by atoms with Crippen LogP contribution in [-0.2, 0) is 6.42 Å². The zero-order chi connectivity index (χ0) is 11.5. The molecule has 1 heteroatoms. The van der Waals surface area contributed by atoms with Gasteiger partial charge in [0.1, 0.15) is 0 Å². The molecule has 2 aliphatic rings. The molecule has 1 nitrogen and oxygen atoms in total. The zero-order valence-electron chi connectivity index (χ0n) is 10.7. The van der Waals surface area contributed by atoms with E-state index in [0.717, 1.165) is 5.92 Å². The molecule has 3 rings (SSSR count). The summed E-state index contributed by atoms with van der Waals surface area (Å²) in [6.07, 6.45) is 8.22. The first-order chi connectivity index (χ1) is 8.42. The van der Waals surface area contributed by atoms with Crippen molar-refractivity contribution in [3.8, 4) is 0 Å². The maximum atomic E-state index is 2.61. The predicted octanol–water partition coefficient (Wildman–Crippen LogP) is 3.59. The van der Waals surface area contributed by atoms with E-state index in [1.165, 1.54) is 63.7 Å². The molecule has 92 valence electrons. The standard InChI is InChI=1S/C16H23N/c1-2-12-17(11-1)13-3-4-14-5-7-15(8-6-14)16-9-10-16/h5-8,16H,1-4,9-13H2. The van der Waals surface area contributed by atoms with Crippen molar-refractivity contribution in [1.29, 1.82) is 0 Å². The van der Waals surface area contributed by atoms with Gasteiger partial charge < -0.3 is 4.90 Å². The summed E-state index contributed by atoms with van der Waals surface area (Å²) in [4.78, 5) is 2.61. The third-order valence-electron chi connectivity index (χ3n) is 4.17. The SMILES string of the molecule is c1cc(C2CC2)ccc1CCCN1CCCC1. The van der Waals surface area contributed by atoms with Crippen LogP contribution in [0.5, 0.6) is 0 Å². The van der Waals surface area contributed by atoms with Crippen molar-refractivity contribution < 1.29 is 0 Å². The molecule has 1 aliphatic carbocycles. The van der Waals surface area contributed by atoms with Gasteiger partial charge in [-0.05, 0) is 75.2 Å². The lowest BCUT2D eigenvalue weighted by molar-refractivity contribution is 0.334. The highest BCUT2D eigenvalue weighted by Crippen LogP contribution is 2.39. The minimum atomic E-state index is 0.897. The van der Waals surface area contributed by atoms with E-state index in [0.29, 0.717) is 0 Å². The summed E-state index contributed by atoms with van der Waals surface area (Å²) in [5.74, 6) is 0.897. The average molecular weight is 229 g/mol. The van der Waals surface area contributed by atoms with E-state index in [1.54, 1.807) is 5.56 Å². The molecule has 1 saturated heterocycles. The first-order valence-corrected chi connectivity index (χ1v) is 7.23. The molecule has 0 N–H and O–H groups in total. The molecule has 0 atom stereocenters. The van der Waals surface area contributed by atoms with Crippen LogP contribution in [0.1, 0.15) is 49.1 Å². The number of rotatable bonds is 5. The fourth-order valence-corrected chi connectivity index (χ4v) is 2.89. The van der Waals surface area contributed by atoms with Crippen LogP contribution >= 0.6 is 0 Å². The molecule has 1 saturated carbocycles. The average Bonchev–Trinajstić information content (AvgIpc) is 3.08. The largest absolute Gasteiger partial charge is 0.303 e. The molecule has 0 aromatic heterocycles. The van der Waals surface area contributed by atoms with Crippen molar-refractivity contribution in [1.82, 2.24) is 4.90 Å². The molecule has 0 amide bonds. The van der Waals surface area contributed by atoms with Gasteiger partial charge in [-0.15, -0.1) is 0 Å². The summed E-state index contributed by atoms with van der Waals surface area (Å²) in [5, 5.41) is 0. The van der Waals surface area contributed by atoms with Gasteiger partial charge in [0.05, 0.1) is 0 Å². The topological polar surface area (TPSA) is 3.24 Å². The number of benzene rings is 1. The molecule has 1 aromatic rings. The Bertz CT molecular complexity index is 344. The van der Waals surface area contributed by atoms with Crippen LogP contribution in [0.25, 0.3) is 0 Å². The van der Waals surface area contributed by atoms with E-state index in [-0.39, 0.29) is 0 Å². The molecular formula is C16H23N. The Labute approximate surface area is 105 Å². The second kappa shape index (κ2) is 5.22. The van der Waals surface area contributed by atoms with E-state index in [2.05, 4.69) is 29.2 Å². The molecule has 17 heavy (non-hydrogen) atoms. The van der Waals surface area contributed by atoms with Gasteiger partial charge in [0.25, 0.3) is 0 Å². The summed E-state index contributed by atoms with van der Waals surface area (Å²) < 4.78 is 0. The van der Waals surface area contributed by atoms with E-state index in [1.807, 2.05) is 0 Å². The Morgan fingerprint density at radius 1 is 1.00 bits per heavy atom. The smallest absolute Gasteiger partial charge is 0.00156 e. The van der Waals surface area contributed by atoms with Crippen LogP contribution in [-0.4, -0.2) is 24.5 Å². The van der Waals surface area contributed by atoms with Crippen molar-refractivity contribution in [3.05, 3.63) is 35.4 Å². The normalized spacial score (nSPS) is 20.9. The third kappa shape index (κ3) is 3.10. The summed E-state index contributed by atoms with van der Waals surface area (Å²) in [5.41, 5.74) is 3.09. The van der Waals surface area contributed by atoms with Crippen LogP contribution < -0.4 is 0 Å². The maximum Gasteiger partial charge on any atom is -0.00156 e. The van der Waals surface area contributed by atoms with Crippen molar-refractivity contribution >= 4 is 0 Å². The number of likely N-dealkylation sites (tertiary alicyclic amines) is 1. The van der Waals surface area contributed by atoms with Crippen LogP contribution in [0.2, 0.25) is 0 Å². The van der Waals surface area contributed by atoms with Crippen LogP contribution in [0.3, 0.4) is 0 Å². The minimum absolute atomic E-state index is 0.897. The zero-order valence-corrected chi connectivity index (χ0v) is 10.7. The lowest BCUT2D eigenvalue weighted by Crippen LogP contribution is -2.20. The summed E-state index contributed by atoms with van der Waals surface area (Å²) >= 11 is 0. The second-order valence-electron chi connectivity index (χ2n) is 5.67. The van der Waals surface area contributed by atoms with Crippen LogP contribution in [0.15, 0.2) is 24.3 Å². The highest BCUT2D eigenvalue weighted by atomic mass is 15.1. The predicted molar refractivity (Wildman–Crippen MR) is 72.4 cm³/mol. The van der Waals surface area contributed by atoms with E-state index >= 15 is 0 Å². The van der Waals surface area contributed by atoms with Crippen LogP contribution in [0, 0.1) is 0 Å². The van der Waals surface area contributed by atoms with Gasteiger partial charge in [0, 0.05) is 0 Å². The number of hydrogen-bond donors (Lipinski definition) is 0. The monoisotopic (exact) mass is 229 g/mol. The minimum Gasteiger partial charge on any atom is -0.303 e. The third-order valence-corrected chi connectivity index (χ3v) is 4.17. The molecule has 2 fully saturated rings. The highest BCUT2D eigenvalue weighted by Gasteiger charge is 2.22. The first kappa shape index (κ1) is 11.3. The first-order valence-electron chi connectivity index (χ1n) is 7.23. The van der Waals surface area contributed by atoms with E-state index in [9.17, 15) is 0 Å². The molecule has 1 heterocycles. The maximum absolute atomic E-state index is 2.61. The van der Waals surface area contributed by atoms with Crippen molar-refractivity contribution in [2.24, 2.45) is 0 Å². The summed E-state index contributed by atoms with van der Waals surface area (Å²) in [6.45, 7) is 3.96. The van der Waals surface area contributed by atoms with Gasteiger partial charge >= 0.3 is 0 Å². The fraction of sp³-hybridized carbons (Fsp3) is 0.625. The van der Waals surface area contributed by atoms with E-state index in [4.69, 9.17) is 0 Å². The van der Waals surface area contributed by atoms with Gasteiger partial charge in [-0.25, -0.2) is 0 Å². The lowest BCUT2D eigenvalue weighted by atomic mass is 10.0. The summed E-state index contributed by atoms with van der Waals surface area (Å²) in [7, 11) is 0. The Morgan fingerprint density at radius 3 is 2.35 bits per heavy atom. The fourth-order valence-electron chi connectivity index (χ4n) is 2.89. The molecule has 1 aliphatic heterocycles. The van der Waals surface area contributed by atoms with Crippen molar-refractivity contribution in [2.75, 3.05) is 19.6 Å². The van der Waals surface area contributed by atoms with Crippen molar-refractivity contribution in [3.63, 3.8) is 0 Å². The van der Waals surface area contributed by atoms with E-state index < -0.39 is 0 Å². The van der Waals surface area contributed by atoms with Crippen LogP contribution in [0.4, 0.5) is 0 Å². The Morgan fingerprint density at radius 2 is 1.71 bits per heavy atom. The van der Waals surface area contributed by atoms with Gasteiger partial charge in [-0.3, -0.25) is 0 Å². The molecule has 0 radical (unpaired) electrons. The molecule has 1 aromatic carbocycles. The number of hydrogen-bond acceptors (Lipinski definition) is 1. The van der Waals surface area contributed by atoms with Gasteiger partial charge in [0.2, 0.25) is 0 Å². The Hall–Kier alpha value is -0.820. The quantitative estimate of drug-likeness (QED) is 0.746. The van der Waals surface area contributed by atoms with Gasteiger partial charge in [-0.1, -0.05) is 24.3 Å². The number of aryl methyl sites for hydroxylation is 1. The van der Waals surface area contributed by atoms with Gasteiger partial charge in [0.15, 0.2) is 0 Å². The summed E-state index contributed by atoms with van der Waals surface area (Å²) in [6, 6.07) is 9.39. The highest BCUT2D eigenvalue weighted by molar-refractivity contribution is 5.28. The van der Waals surface area contributed by atoms with Gasteiger partial charge in [-0.2, -0.15) is 0 Å². The van der Waals surface area contributed by atoms with Crippen molar-refractivity contribution in [2.45, 2.75) is 44.4 Å². The number of nitrogens with zero attached hydrogens (tertiary/aromatic N) is 1. The molecule has 0 bridgehead atoms. The lowest BCUT2D eigenvalue weighted by Gasteiger charge is -2.13. The second-order valence-corrected chi connectivity index (χ2v) is 5.67.